The van der Waals surface area contributed by atoms with Crippen molar-refractivity contribution in [3.8, 4) is 0 Å². The number of nitrogens with zero attached hydrogens (tertiary/aromatic N) is 2. The Morgan fingerprint density at radius 2 is 1.89 bits per heavy atom. The number of rotatable bonds is 7. The van der Waals surface area contributed by atoms with Crippen LogP contribution in [0.1, 0.15) is 78.8 Å². The standard InChI is InChI=1S/C16H30N2/c1-7-8-9-10-16(5,6)18-11-15(17-12-18)14(4)13(2)3/h11-14H,7-10H2,1-6H3. The van der Waals surface area contributed by atoms with Crippen molar-refractivity contribution in [2.45, 2.75) is 78.7 Å². The Bertz CT molecular complexity index is 350. The van der Waals surface area contributed by atoms with Crippen LogP contribution in [0.3, 0.4) is 0 Å². The van der Waals surface area contributed by atoms with E-state index in [1.165, 1.54) is 31.4 Å². The van der Waals surface area contributed by atoms with E-state index in [9.17, 15) is 0 Å². The summed E-state index contributed by atoms with van der Waals surface area (Å²) in [4.78, 5) is 4.59. The molecule has 0 saturated heterocycles. The largest absolute Gasteiger partial charge is 0.332 e. The second-order valence-electron chi connectivity index (χ2n) is 6.51. The highest BCUT2D eigenvalue weighted by Crippen LogP contribution is 2.27. The Morgan fingerprint density at radius 1 is 1.22 bits per heavy atom. The monoisotopic (exact) mass is 250 g/mol. The summed E-state index contributed by atoms with van der Waals surface area (Å²) in [6, 6.07) is 0. The average Bonchev–Trinajstić information content (AvgIpc) is 2.78. The highest BCUT2D eigenvalue weighted by Gasteiger charge is 2.21. The minimum absolute atomic E-state index is 0.192. The van der Waals surface area contributed by atoms with Gasteiger partial charge in [-0.3, -0.25) is 0 Å². The van der Waals surface area contributed by atoms with Crippen LogP contribution in [-0.4, -0.2) is 9.55 Å². The first kappa shape index (κ1) is 15.3. The van der Waals surface area contributed by atoms with Crippen molar-refractivity contribution in [1.29, 1.82) is 0 Å². The van der Waals surface area contributed by atoms with Crippen molar-refractivity contribution in [3.05, 3.63) is 18.2 Å². The molecule has 0 aliphatic carbocycles. The first-order valence-corrected chi connectivity index (χ1v) is 7.43. The fraction of sp³-hybridized carbons (Fsp3) is 0.812. The zero-order valence-corrected chi connectivity index (χ0v) is 13.0. The molecule has 0 radical (unpaired) electrons. The van der Waals surface area contributed by atoms with Crippen molar-refractivity contribution in [2.75, 3.05) is 0 Å². The van der Waals surface area contributed by atoms with Gasteiger partial charge in [-0.2, -0.15) is 0 Å². The molecule has 1 heterocycles. The molecule has 0 fully saturated rings. The molecule has 1 aromatic rings. The Kier molecular flexibility index (Phi) is 5.43. The molecule has 18 heavy (non-hydrogen) atoms. The smallest absolute Gasteiger partial charge is 0.0954 e. The number of hydrogen-bond donors (Lipinski definition) is 0. The molecular formula is C16H30N2. The number of imidazole rings is 1. The Morgan fingerprint density at radius 3 is 2.44 bits per heavy atom. The minimum atomic E-state index is 0.192. The van der Waals surface area contributed by atoms with E-state index in [1.807, 2.05) is 6.33 Å². The Balaban J connectivity index is 2.71. The molecule has 2 heteroatoms. The lowest BCUT2D eigenvalue weighted by molar-refractivity contribution is 0.314. The third-order valence-corrected chi connectivity index (χ3v) is 4.16. The molecule has 0 N–H and O–H groups in total. The maximum Gasteiger partial charge on any atom is 0.0954 e. The predicted octanol–water partition coefficient (Wildman–Crippen LogP) is 4.96. The summed E-state index contributed by atoms with van der Waals surface area (Å²) >= 11 is 0. The summed E-state index contributed by atoms with van der Waals surface area (Å²) < 4.78 is 2.30. The van der Waals surface area contributed by atoms with Gasteiger partial charge in [0.15, 0.2) is 0 Å². The van der Waals surface area contributed by atoms with Crippen LogP contribution in [-0.2, 0) is 5.54 Å². The normalized spacial score (nSPS) is 14.2. The molecule has 1 atom stereocenters. The van der Waals surface area contributed by atoms with E-state index in [2.05, 4.69) is 57.3 Å². The van der Waals surface area contributed by atoms with Gasteiger partial charge in [0.25, 0.3) is 0 Å². The highest BCUT2D eigenvalue weighted by molar-refractivity contribution is 5.06. The van der Waals surface area contributed by atoms with Gasteiger partial charge in [0, 0.05) is 17.7 Å². The summed E-state index contributed by atoms with van der Waals surface area (Å²) in [7, 11) is 0. The lowest BCUT2D eigenvalue weighted by Crippen LogP contribution is -2.24. The fourth-order valence-electron chi connectivity index (χ4n) is 2.18. The molecule has 0 spiro atoms. The van der Waals surface area contributed by atoms with Gasteiger partial charge < -0.3 is 4.57 Å². The van der Waals surface area contributed by atoms with Crippen molar-refractivity contribution in [1.82, 2.24) is 9.55 Å². The van der Waals surface area contributed by atoms with Crippen molar-refractivity contribution in [3.63, 3.8) is 0 Å². The van der Waals surface area contributed by atoms with Crippen LogP contribution in [0.5, 0.6) is 0 Å². The van der Waals surface area contributed by atoms with E-state index in [-0.39, 0.29) is 5.54 Å². The molecule has 104 valence electrons. The van der Waals surface area contributed by atoms with Crippen LogP contribution < -0.4 is 0 Å². The minimum Gasteiger partial charge on any atom is -0.332 e. The molecule has 0 aliphatic heterocycles. The first-order chi connectivity index (χ1) is 8.38. The number of unbranched alkanes of at least 4 members (excludes halogenated alkanes) is 2. The summed E-state index contributed by atoms with van der Waals surface area (Å²) in [5.41, 5.74) is 1.42. The zero-order valence-electron chi connectivity index (χ0n) is 13.0. The van der Waals surface area contributed by atoms with Crippen LogP contribution in [0.25, 0.3) is 0 Å². The number of hydrogen-bond acceptors (Lipinski definition) is 1. The third-order valence-electron chi connectivity index (χ3n) is 4.16. The SMILES string of the molecule is CCCCCC(C)(C)n1cnc(C(C)C(C)C)c1. The summed E-state index contributed by atoms with van der Waals surface area (Å²) in [5, 5.41) is 0. The van der Waals surface area contributed by atoms with E-state index in [0.717, 1.165) is 0 Å². The molecule has 1 aromatic heterocycles. The van der Waals surface area contributed by atoms with E-state index in [1.54, 1.807) is 0 Å². The van der Waals surface area contributed by atoms with E-state index in [4.69, 9.17) is 0 Å². The lowest BCUT2D eigenvalue weighted by atomic mass is 9.94. The van der Waals surface area contributed by atoms with Gasteiger partial charge in [-0.1, -0.05) is 47.0 Å². The Hall–Kier alpha value is -0.790. The first-order valence-electron chi connectivity index (χ1n) is 7.43. The van der Waals surface area contributed by atoms with E-state index >= 15 is 0 Å². The second-order valence-corrected chi connectivity index (χ2v) is 6.51. The van der Waals surface area contributed by atoms with Crippen LogP contribution in [0.2, 0.25) is 0 Å². The fourth-order valence-corrected chi connectivity index (χ4v) is 2.18. The Labute approximate surface area is 113 Å². The van der Waals surface area contributed by atoms with Crippen LogP contribution >= 0.6 is 0 Å². The topological polar surface area (TPSA) is 17.8 Å². The molecule has 0 aromatic carbocycles. The van der Waals surface area contributed by atoms with Crippen LogP contribution in [0, 0.1) is 5.92 Å². The summed E-state index contributed by atoms with van der Waals surface area (Å²) in [6.07, 6.45) is 9.41. The van der Waals surface area contributed by atoms with E-state index < -0.39 is 0 Å². The van der Waals surface area contributed by atoms with Crippen LogP contribution in [0.4, 0.5) is 0 Å². The average molecular weight is 250 g/mol. The summed E-state index contributed by atoms with van der Waals surface area (Å²) in [5.74, 6) is 1.19. The van der Waals surface area contributed by atoms with Crippen LogP contribution in [0.15, 0.2) is 12.5 Å². The number of aromatic nitrogens is 2. The second kappa shape index (κ2) is 6.40. The van der Waals surface area contributed by atoms with Crippen molar-refractivity contribution in [2.24, 2.45) is 5.92 Å². The highest BCUT2D eigenvalue weighted by atomic mass is 15.1. The molecular weight excluding hydrogens is 220 g/mol. The maximum atomic E-state index is 4.59. The van der Waals surface area contributed by atoms with Gasteiger partial charge >= 0.3 is 0 Å². The predicted molar refractivity (Wildman–Crippen MR) is 78.9 cm³/mol. The third kappa shape index (κ3) is 3.86. The van der Waals surface area contributed by atoms with Gasteiger partial charge in [0.05, 0.1) is 12.0 Å². The quantitative estimate of drug-likeness (QED) is 0.625. The molecule has 2 nitrogen and oxygen atoms in total. The zero-order chi connectivity index (χ0) is 13.8. The molecule has 0 saturated carbocycles. The van der Waals surface area contributed by atoms with Gasteiger partial charge in [-0.25, -0.2) is 4.98 Å². The van der Waals surface area contributed by atoms with Gasteiger partial charge in [0.2, 0.25) is 0 Å². The van der Waals surface area contributed by atoms with Gasteiger partial charge in [-0.15, -0.1) is 0 Å². The molecule has 0 amide bonds. The molecule has 1 rings (SSSR count). The van der Waals surface area contributed by atoms with Crippen molar-refractivity contribution < 1.29 is 0 Å². The van der Waals surface area contributed by atoms with Gasteiger partial charge in [0.1, 0.15) is 0 Å². The van der Waals surface area contributed by atoms with E-state index in [0.29, 0.717) is 11.8 Å². The molecule has 0 aliphatic rings. The van der Waals surface area contributed by atoms with Crippen molar-refractivity contribution >= 4 is 0 Å². The molecule has 1 unspecified atom stereocenters. The lowest BCUT2D eigenvalue weighted by Gasteiger charge is -2.26. The van der Waals surface area contributed by atoms with Gasteiger partial charge in [-0.05, 0) is 26.2 Å². The molecule has 0 bridgehead atoms. The summed E-state index contributed by atoms with van der Waals surface area (Å²) in [6.45, 7) is 13.7. The maximum absolute atomic E-state index is 4.59.